The van der Waals surface area contributed by atoms with E-state index in [-0.39, 0.29) is 19.3 Å². The Bertz CT molecular complexity index is 282. The summed E-state index contributed by atoms with van der Waals surface area (Å²) in [6.07, 6.45) is 0.636. The maximum atomic E-state index is 11.0. The fourth-order valence-corrected chi connectivity index (χ4v) is 2.45. The fourth-order valence-electron chi connectivity index (χ4n) is 2.45. The van der Waals surface area contributed by atoms with E-state index < -0.39 is 29.6 Å². The van der Waals surface area contributed by atoms with Gasteiger partial charge in [0.2, 0.25) is 0 Å². The number of carbonyl (C=O) groups is 2. The molecule has 0 amide bonds. The fraction of sp³-hybridized carbons (Fsp3) is 0.800. The first kappa shape index (κ1) is 11.3. The van der Waals surface area contributed by atoms with Crippen LogP contribution in [-0.4, -0.2) is 41.2 Å². The molecule has 1 spiro atoms. The lowest BCUT2D eigenvalue weighted by molar-refractivity contribution is -0.206. The SMILES string of the molecule is O=C(O)[C@@H]1C[C@H](C(=O)O)CC2(C1)OCCO2. The van der Waals surface area contributed by atoms with Crippen LogP contribution < -0.4 is 0 Å². The molecule has 90 valence electrons. The number of hydrogen-bond acceptors (Lipinski definition) is 4. The highest BCUT2D eigenvalue weighted by atomic mass is 16.7. The van der Waals surface area contributed by atoms with E-state index in [9.17, 15) is 9.59 Å². The Labute approximate surface area is 92.2 Å². The van der Waals surface area contributed by atoms with Gasteiger partial charge in [0.25, 0.3) is 0 Å². The van der Waals surface area contributed by atoms with E-state index in [1.807, 2.05) is 0 Å². The molecule has 6 nitrogen and oxygen atoms in total. The molecule has 0 radical (unpaired) electrons. The number of rotatable bonds is 2. The van der Waals surface area contributed by atoms with Gasteiger partial charge in [0.05, 0.1) is 25.0 Å². The first-order valence-corrected chi connectivity index (χ1v) is 5.26. The first-order valence-electron chi connectivity index (χ1n) is 5.26. The minimum absolute atomic E-state index is 0.152. The van der Waals surface area contributed by atoms with Crippen LogP contribution in [0.5, 0.6) is 0 Å². The summed E-state index contributed by atoms with van der Waals surface area (Å²) in [4.78, 5) is 21.9. The highest BCUT2D eigenvalue weighted by Crippen LogP contribution is 2.41. The van der Waals surface area contributed by atoms with Gasteiger partial charge in [-0.15, -0.1) is 0 Å². The molecule has 2 aliphatic rings. The van der Waals surface area contributed by atoms with E-state index in [1.54, 1.807) is 0 Å². The molecule has 1 saturated carbocycles. The largest absolute Gasteiger partial charge is 0.481 e. The molecule has 1 aliphatic carbocycles. The second-order valence-corrected chi connectivity index (χ2v) is 4.32. The Hall–Kier alpha value is -1.14. The van der Waals surface area contributed by atoms with E-state index in [0.29, 0.717) is 13.2 Å². The van der Waals surface area contributed by atoms with Crippen molar-refractivity contribution in [3.63, 3.8) is 0 Å². The molecule has 2 fully saturated rings. The van der Waals surface area contributed by atoms with Gasteiger partial charge in [0.15, 0.2) is 5.79 Å². The van der Waals surface area contributed by atoms with E-state index >= 15 is 0 Å². The third-order valence-corrected chi connectivity index (χ3v) is 3.20. The highest BCUT2D eigenvalue weighted by molar-refractivity contribution is 5.74. The zero-order chi connectivity index (χ0) is 11.8. The van der Waals surface area contributed by atoms with Crippen LogP contribution in [-0.2, 0) is 19.1 Å². The summed E-state index contributed by atoms with van der Waals surface area (Å²) in [5.74, 6) is -4.35. The van der Waals surface area contributed by atoms with Crippen molar-refractivity contribution in [2.75, 3.05) is 13.2 Å². The van der Waals surface area contributed by atoms with Crippen LogP contribution >= 0.6 is 0 Å². The van der Waals surface area contributed by atoms with Gasteiger partial charge in [-0.3, -0.25) is 9.59 Å². The Morgan fingerprint density at radius 2 is 1.44 bits per heavy atom. The molecule has 1 heterocycles. The smallest absolute Gasteiger partial charge is 0.306 e. The molecule has 2 N–H and O–H groups in total. The van der Waals surface area contributed by atoms with Crippen molar-refractivity contribution in [3.8, 4) is 0 Å². The van der Waals surface area contributed by atoms with E-state index in [1.165, 1.54) is 0 Å². The van der Waals surface area contributed by atoms with Gasteiger partial charge in [0, 0.05) is 12.8 Å². The normalized spacial score (nSPS) is 32.8. The van der Waals surface area contributed by atoms with Crippen LogP contribution in [0.25, 0.3) is 0 Å². The quantitative estimate of drug-likeness (QED) is 0.709. The molecule has 1 aliphatic heterocycles. The van der Waals surface area contributed by atoms with Crippen molar-refractivity contribution in [2.45, 2.75) is 25.0 Å². The lowest BCUT2D eigenvalue weighted by Gasteiger charge is -2.37. The number of hydrogen-bond donors (Lipinski definition) is 2. The van der Waals surface area contributed by atoms with E-state index in [2.05, 4.69) is 0 Å². The van der Waals surface area contributed by atoms with Gasteiger partial charge in [-0.1, -0.05) is 0 Å². The monoisotopic (exact) mass is 230 g/mol. The third kappa shape index (κ3) is 2.03. The van der Waals surface area contributed by atoms with Crippen molar-refractivity contribution in [1.29, 1.82) is 0 Å². The zero-order valence-electron chi connectivity index (χ0n) is 8.72. The number of ether oxygens (including phenoxy) is 2. The van der Waals surface area contributed by atoms with Crippen molar-refractivity contribution in [1.82, 2.24) is 0 Å². The Balaban J connectivity index is 2.16. The molecular formula is C10H14O6. The highest BCUT2D eigenvalue weighted by Gasteiger charge is 2.49. The summed E-state index contributed by atoms with van der Waals surface area (Å²) in [6, 6.07) is 0. The predicted molar refractivity (Wildman–Crippen MR) is 50.7 cm³/mol. The molecule has 2 rings (SSSR count). The summed E-state index contributed by atoms with van der Waals surface area (Å²) in [7, 11) is 0. The van der Waals surface area contributed by atoms with Crippen LogP contribution in [0.4, 0.5) is 0 Å². The van der Waals surface area contributed by atoms with Gasteiger partial charge in [0.1, 0.15) is 0 Å². The van der Waals surface area contributed by atoms with Crippen LogP contribution in [0, 0.1) is 11.8 Å². The average Bonchev–Trinajstić information content (AvgIpc) is 2.65. The zero-order valence-corrected chi connectivity index (χ0v) is 8.72. The van der Waals surface area contributed by atoms with Gasteiger partial charge in [-0.25, -0.2) is 0 Å². The molecule has 6 heteroatoms. The summed E-state index contributed by atoms with van der Waals surface area (Å²) in [6.45, 7) is 0.803. The maximum Gasteiger partial charge on any atom is 0.306 e. The van der Waals surface area contributed by atoms with E-state index in [4.69, 9.17) is 19.7 Å². The lowest BCUT2D eigenvalue weighted by Crippen LogP contribution is -2.44. The van der Waals surface area contributed by atoms with Crippen LogP contribution in [0.3, 0.4) is 0 Å². The number of carboxylic acids is 2. The molecule has 0 aromatic rings. The van der Waals surface area contributed by atoms with Gasteiger partial charge in [-0.2, -0.15) is 0 Å². The molecule has 16 heavy (non-hydrogen) atoms. The third-order valence-electron chi connectivity index (χ3n) is 3.20. The molecule has 0 aromatic carbocycles. The molecular weight excluding hydrogens is 216 g/mol. The molecule has 0 aromatic heterocycles. The summed E-state index contributed by atoms with van der Waals surface area (Å²) in [5, 5.41) is 18.0. The second kappa shape index (κ2) is 4.03. The van der Waals surface area contributed by atoms with Crippen molar-refractivity contribution < 1.29 is 29.3 Å². The van der Waals surface area contributed by atoms with Gasteiger partial charge in [-0.05, 0) is 6.42 Å². The minimum atomic E-state index is -0.982. The first-order chi connectivity index (χ1) is 7.52. The predicted octanol–water partition coefficient (Wildman–Crippen LogP) is 0.315. The van der Waals surface area contributed by atoms with E-state index in [0.717, 1.165) is 0 Å². The lowest BCUT2D eigenvalue weighted by atomic mass is 9.77. The van der Waals surface area contributed by atoms with Gasteiger partial charge >= 0.3 is 11.9 Å². The number of aliphatic carboxylic acids is 2. The Kier molecular flexibility index (Phi) is 2.86. The summed E-state index contributed by atoms with van der Waals surface area (Å²) < 4.78 is 10.8. The maximum absolute atomic E-state index is 11.0. The number of carboxylic acid groups (broad SMARTS) is 2. The molecule has 2 atom stereocenters. The molecule has 1 saturated heterocycles. The summed E-state index contributed by atoms with van der Waals surface area (Å²) >= 11 is 0. The Morgan fingerprint density at radius 1 is 1.00 bits per heavy atom. The van der Waals surface area contributed by atoms with Crippen LogP contribution in [0.2, 0.25) is 0 Å². The van der Waals surface area contributed by atoms with Crippen LogP contribution in [0.1, 0.15) is 19.3 Å². The second-order valence-electron chi connectivity index (χ2n) is 4.32. The Morgan fingerprint density at radius 3 is 1.81 bits per heavy atom. The minimum Gasteiger partial charge on any atom is -0.481 e. The molecule has 0 bridgehead atoms. The van der Waals surface area contributed by atoms with Crippen molar-refractivity contribution in [2.24, 2.45) is 11.8 Å². The van der Waals surface area contributed by atoms with Crippen molar-refractivity contribution in [3.05, 3.63) is 0 Å². The average molecular weight is 230 g/mol. The topological polar surface area (TPSA) is 93.1 Å². The van der Waals surface area contributed by atoms with Crippen molar-refractivity contribution >= 4 is 11.9 Å². The molecule has 0 unspecified atom stereocenters. The van der Waals surface area contributed by atoms with Crippen LogP contribution in [0.15, 0.2) is 0 Å². The standard InChI is InChI=1S/C10H14O6/c11-8(12)6-3-7(9(13)14)5-10(4-6)15-1-2-16-10/h6-7H,1-5H2,(H,11,12)(H,13,14)/t6-,7+. The van der Waals surface area contributed by atoms with Gasteiger partial charge < -0.3 is 19.7 Å². The summed E-state index contributed by atoms with van der Waals surface area (Å²) in [5.41, 5.74) is 0.